The number of nitrogens with zero attached hydrogens (tertiary/aromatic N) is 1. The zero-order valence-corrected chi connectivity index (χ0v) is 19.6. The Bertz CT molecular complexity index is 210. The van der Waals surface area contributed by atoms with Crippen LogP contribution in [-0.2, 0) is 0 Å². The topological polar surface area (TPSA) is 0 Å². The molecule has 0 saturated carbocycles. The first-order chi connectivity index (χ1) is 11.1. The van der Waals surface area contributed by atoms with Gasteiger partial charge in [-0.1, -0.05) is 90.9 Å². The van der Waals surface area contributed by atoms with E-state index in [0.29, 0.717) is 0 Å². The molecule has 0 radical (unpaired) electrons. The van der Waals surface area contributed by atoms with Crippen molar-refractivity contribution in [2.45, 2.75) is 117 Å². The first kappa shape index (κ1) is 30.3. The highest BCUT2D eigenvalue weighted by atomic mass is 35.5. The molecule has 0 unspecified atom stereocenters. The van der Waals surface area contributed by atoms with Crippen LogP contribution in [0, 0.1) is 0 Å². The molecule has 0 aliphatic carbocycles. The standard InChI is InChI=1S/C22H48N.2ClH/c1-5-7-9-11-13-15-17-19-21-23(3,4)22-20-18-16-14-12-10-8-6-2;;/h5-22H2,1-4H3;2*1H/q+1;;. The summed E-state index contributed by atoms with van der Waals surface area (Å²) in [5.41, 5.74) is 0. The van der Waals surface area contributed by atoms with Crippen molar-refractivity contribution in [2.24, 2.45) is 0 Å². The van der Waals surface area contributed by atoms with Crippen molar-refractivity contribution in [3.8, 4) is 0 Å². The molecule has 0 aliphatic heterocycles. The molecule has 0 aromatic heterocycles. The largest absolute Gasteiger partial charge is 0.328 e. The van der Waals surface area contributed by atoms with Crippen molar-refractivity contribution >= 4 is 24.8 Å². The molecule has 0 aromatic rings. The molecular formula is C22H50Cl2N+. The summed E-state index contributed by atoms with van der Waals surface area (Å²) in [5, 5.41) is 0. The summed E-state index contributed by atoms with van der Waals surface area (Å²) in [5.74, 6) is 0. The Kier molecular flexibility index (Phi) is 27.3. The molecule has 25 heavy (non-hydrogen) atoms. The lowest BCUT2D eigenvalue weighted by Gasteiger charge is -2.30. The molecule has 156 valence electrons. The predicted molar refractivity (Wildman–Crippen MR) is 122 cm³/mol. The van der Waals surface area contributed by atoms with Crippen molar-refractivity contribution in [2.75, 3.05) is 27.2 Å². The van der Waals surface area contributed by atoms with E-state index in [-0.39, 0.29) is 24.8 Å². The highest BCUT2D eigenvalue weighted by molar-refractivity contribution is 5.85. The molecule has 1 nitrogen and oxygen atoms in total. The van der Waals surface area contributed by atoms with E-state index in [1.165, 1.54) is 120 Å². The maximum absolute atomic E-state index is 2.43. The van der Waals surface area contributed by atoms with Gasteiger partial charge in [0, 0.05) is 0 Å². The van der Waals surface area contributed by atoms with Crippen LogP contribution in [0.4, 0.5) is 0 Å². The second kappa shape index (κ2) is 22.6. The minimum absolute atomic E-state index is 0. The van der Waals surface area contributed by atoms with E-state index in [1.807, 2.05) is 0 Å². The summed E-state index contributed by atoms with van der Waals surface area (Å²) in [6, 6.07) is 0. The lowest BCUT2D eigenvalue weighted by atomic mass is 10.1. The molecule has 0 N–H and O–H groups in total. The van der Waals surface area contributed by atoms with Gasteiger partial charge in [-0.05, 0) is 25.7 Å². The van der Waals surface area contributed by atoms with E-state index >= 15 is 0 Å². The van der Waals surface area contributed by atoms with Crippen LogP contribution in [0.25, 0.3) is 0 Å². The van der Waals surface area contributed by atoms with Crippen molar-refractivity contribution < 1.29 is 4.48 Å². The van der Waals surface area contributed by atoms with Gasteiger partial charge in [0.05, 0.1) is 27.2 Å². The van der Waals surface area contributed by atoms with Gasteiger partial charge in [-0.25, -0.2) is 0 Å². The summed E-state index contributed by atoms with van der Waals surface area (Å²) in [6.45, 7) is 7.36. The number of rotatable bonds is 18. The van der Waals surface area contributed by atoms with E-state index in [0.717, 1.165) is 0 Å². The highest BCUT2D eigenvalue weighted by Gasteiger charge is 2.13. The van der Waals surface area contributed by atoms with Crippen molar-refractivity contribution in [3.63, 3.8) is 0 Å². The Hall–Kier alpha value is 0.540. The van der Waals surface area contributed by atoms with Crippen molar-refractivity contribution in [3.05, 3.63) is 0 Å². The van der Waals surface area contributed by atoms with Crippen LogP contribution < -0.4 is 0 Å². The second-order valence-corrected chi connectivity index (χ2v) is 8.33. The maximum atomic E-state index is 2.43. The van der Waals surface area contributed by atoms with E-state index in [4.69, 9.17) is 0 Å². The van der Waals surface area contributed by atoms with Crippen LogP contribution in [0.5, 0.6) is 0 Å². The summed E-state index contributed by atoms with van der Waals surface area (Å²) in [7, 11) is 4.87. The third kappa shape index (κ3) is 24.5. The first-order valence-electron chi connectivity index (χ1n) is 10.9. The zero-order chi connectivity index (χ0) is 17.2. The number of quaternary nitrogens is 1. The smallest absolute Gasteiger partial charge is 0.0782 e. The van der Waals surface area contributed by atoms with Gasteiger partial charge in [-0.2, -0.15) is 0 Å². The van der Waals surface area contributed by atoms with Crippen LogP contribution in [0.2, 0.25) is 0 Å². The molecule has 0 bridgehead atoms. The van der Waals surface area contributed by atoms with Crippen LogP contribution in [0.15, 0.2) is 0 Å². The summed E-state index contributed by atoms with van der Waals surface area (Å²) < 4.78 is 1.24. The number of halogens is 2. The highest BCUT2D eigenvalue weighted by Crippen LogP contribution is 2.13. The molecule has 3 heteroatoms. The van der Waals surface area contributed by atoms with Gasteiger partial charge in [-0.3, -0.25) is 0 Å². The number of hydrogen-bond donors (Lipinski definition) is 0. The van der Waals surface area contributed by atoms with Crippen molar-refractivity contribution in [1.82, 2.24) is 0 Å². The predicted octanol–water partition coefficient (Wildman–Crippen LogP) is 8.19. The molecule has 0 aliphatic rings. The Morgan fingerprint density at radius 1 is 0.400 bits per heavy atom. The summed E-state index contributed by atoms with van der Waals surface area (Å²) in [6.07, 6.45) is 23.0. The minimum atomic E-state index is 0. The van der Waals surface area contributed by atoms with Gasteiger partial charge < -0.3 is 4.48 Å². The van der Waals surface area contributed by atoms with Gasteiger partial charge in [-0.15, -0.1) is 24.8 Å². The van der Waals surface area contributed by atoms with E-state index in [9.17, 15) is 0 Å². The SMILES string of the molecule is CCCCCCCCCC[N+](C)(C)CCCCCCCCCC.Cl.Cl. The van der Waals surface area contributed by atoms with Gasteiger partial charge in [0.25, 0.3) is 0 Å². The van der Waals surface area contributed by atoms with E-state index < -0.39 is 0 Å². The summed E-state index contributed by atoms with van der Waals surface area (Å²) >= 11 is 0. The molecule has 0 amide bonds. The van der Waals surface area contributed by atoms with Crippen LogP contribution in [0.3, 0.4) is 0 Å². The molecule has 0 aromatic carbocycles. The zero-order valence-electron chi connectivity index (χ0n) is 18.0. The summed E-state index contributed by atoms with van der Waals surface area (Å²) in [4.78, 5) is 0. The average Bonchev–Trinajstić information content (AvgIpc) is 2.52. The monoisotopic (exact) mass is 398 g/mol. The fraction of sp³-hybridized carbons (Fsp3) is 1.00. The van der Waals surface area contributed by atoms with Gasteiger partial charge in [0.2, 0.25) is 0 Å². The van der Waals surface area contributed by atoms with Crippen LogP contribution in [0.1, 0.15) is 117 Å². The Morgan fingerprint density at radius 3 is 0.920 bits per heavy atom. The maximum Gasteiger partial charge on any atom is 0.0782 e. The third-order valence-electron chi connectivity index (χ3n) is 5.23. The van der Waals surface area contributed by atoms with Gasteiger partial charge in [0.15, 0.2) is 0 Å². The first-order valence-corrected chi connectivity index (χ1v) is 10.9. The Balaban J connectivity index is -0.00000242. The molecule has 0 fully saturated rings. The number of unbranched alkanes of at least 4 members (excludes halogenated alkanes) is 14. The average molecular weight is 400 g/mol. The fourth-order valence-corrected chi connectivity index (χ4v) is 3.46. The molecule has 0 atom stereocenters. The fourth-order valence-electron chi connectivity index (χ4n) is 3.46. The lowest BCUT2D eigenvalue weighted by Crippen LogP contribution is -2.41. The van der Waals surface area contributed by atoms with Gasteiger partial charge >= 0.3 is 0 Å². The number of hydrogen-bond acceptors (Lipinski definition) is 0. The van der Waals surface area contributed by atoms with Crippen LogP contribution in [-0.4, -0.2) is 31.7 Å². The molecular weight excluding hydrogens is 349 g/mol. The van der Waals surface area contributed by atoms with E-state index in [1.54, 1.807) is 0 Å². The van der Waals surface area contributed by atoms with E-state index in [2.05, 4.69) is 27.9 Å². The molecule has 0 spiro atoms. The Morgan fingerprint density at radius 2 is 0.640 bits per heavy atom. The molecule has 0 saturated heterocycles. The Labute approximate surface area is 173 Å². The van der Waals surface area contributed by atoms with Gasteiger partial charge in [0.1, 0.15) is 0 Å². The van der Waals surface area contributed by atoms with Crippen LogP contribution >= 0.6 is 24.8 Å². The lowest BCUT2D eigenvalue weighted by molar-refractivity contribution is -0.890. The third-order valence-corrected chi connectivity index (χ3v) is 5.23. The molecule has 0 rings (SSSR count). The van der Waals surface area contributed by atoms with Crippen molar-refractivity contribution in [1.29, 1.82) is 0 Å². The quantitative estimate of drug-likeness (QED) is 0.161. The molecule has 0 heterocycles. The minimum Gasteiger partial charge on any atom is -0.328 e. The second-order valence-electron chi connectivity index (χ2n) is 8.33. The normalized spacial score (nSPS) is 11.0.